The third-order valence-electron chi connectivity index (χ3n) is 1.66. The highest BCUT2D eigenvalue weighted by Crippen LogP contribution is 2.04. The van der Waals surface area contributed by atoms with Crippen LogP contribution in [0, 0.1) is 0 Å². The average Bonchev–Trinajstić information content (AvgIpc) is 1.99. The molecular formula is C6H15N3O4S. The third-order valence-corrected chi connectivity index (χ3v) is 2.83. The van der Waals surface area contributed by atoms with E-state index in [9.17, 15) is 13.2 Å². The molecular weight excluding hydrogens is 210 g/mol. The molecule has 0 aliphatic rings. The van der Waals surface area contributed by atoms with Crippen LogP contribution in [-0.2, 0) is 14.9 Å². The van der Waals surface area contributed by atoms with E-state index in [-0.39, 0.29) is 12.8 Å². The van der Waals surface area contributed by atoms with Crippen molar-refractivity contribution in [3.8, 4) is 0 Å². The van der Waals surface area contributed by atoms with Crippen LogP contribution in [0.5, 0.6) is 0 Å². The average molecular weight is 225 g/mol. The monoisotopic (exact) mass is 225 g/mol. The van der Waals surface area contributed by atoms with Gasteiger partial charge in [0.15, 0.2) is 11.0 Å². The Morgan fingerprint density at radius 3 is 2.14 bits per heavy atom. The number of rotatable bonds is 6. The maximum atomic E-state index is 11.2. The summed E-state index contributed by atoms with van der Waals surface area (Å²) >= 11 is 0. The zero-order chi connectivity index (χ0) is 11.4. The Labute approximate surface area is 82.4 Å². The van der Waals surface area contributed by atoms with E-state index in [0.717, 1.165) is 0 Å². The number of nitrogens with two attached hydrogens (primary N) is 3. The van der Waals surface area contributed by atoms with Gasteiger partial charge < -0.3 is 17.2 Å². The smallest absolute Gasteiger partial charge is 0.276 e. The topological polar surface area (TPSA) is 149 Å². The molecule has 8 heteroatoms. The van der Waals surface area contributed by atoms with Gasteiger partial charge in [0.25, 0.3) is 10.1 Å². The minimum Gasteiger partial charge on any atom is -0.329 e. The molecule has 0 aromatic rings. The van der Waals surface area contributed by atoms with Gasteiger partial charge in [0.2, 0.25) is 0 Å². The van der Waals surface area contributed by atoms with Crippen molar-refractivity contribution in [3.05, 3.63) is 0 Å². The summed E-state index contributed by atoms with van der Waals surface area (Å²) < 4.78 is 29.9. The molecule has 0 aromatic carbocycles. The Kier molecular flexibility index (Phi) is 5.16. The summed E-state index contributed by atoms with van der Waals surface area (Å²) in [5.74, 6) is -0.670. The molecule has 0 aliphatic carbocycles. The van der Waals surface area contributed by atoms with Gasteiger partial charge in [-0.3, -0.25) is 9.35 Å². The van der Waals surface area contributed by atoms with Gasteiger partial charge in [-0.25, -0.2) is 0 Å². The van der Waals surface area contributed by atoms with E-state index in [1.54, 1.807) is 0 Å². The van der Waals surface area contributed by atoms with Gasteiger partial charge in [-0.05, 0) is 6.42 Å². The maximum Gasteiger partial charge on any atom is 0.276 e. The summed E-state index contributed by atoms with van der Waals surface area (Å²) in [6, 6.07) is 0. The number of carbonyl (C=O) groups is 1. The highest BCUT2D eigenvalue weighted by molar-refractivity contribution is 7.87. The lowest BCUT2D eigenvalue weighted by molar-refractivity contribution is -0.118. The van der Waals surface area contributed by atoms with E-state index in [4.69, 9.17) is 21.8 Å². The molecule has 0 aliphatic heterocycles. The molecule has 7 nitrogen and oxygen atoms in total. The fraction of sp³-hybridized carbons (Fsp3) is 0.833. The van der Waals surface area contributed by atoms with Gasteiger partial charge in [-0.15, -0.1) is 0 Å². The molecule has 0 rings (SSSR count). The first-order chi connectivity index (χ1) is 6.29. The molecule has 0 aromatic heterocycles. The van der Waals surface area contributed by atoms with E-state index >= 15 is 0 Å². The molecule has 1 unspecified atom stereocenters. The maximum absolute atomic E-state index is 11.2. The molecule has 0 radical (unpaired) electrons. The number of carbonyl (C=O) groups excluding carboxylic acids is 1. The van der Waals surface area contributed by atoms with E-state index in [0.29, 0.717) is 0 Å². The largest absolute Gasteiger partial charge is 0.329 e. The first kappa shape index (κ1) is 13.5. The van der Waals surface area contributed by atoms with Gasteiger partial charge >= 0.3 is 0 Å². The van der Waals surface area contributed by atoms with Crippen LogP contribution in [0.15, 0.2) is 0 Å². The van der Waals surface area contributed by atoms with Crippen LogP contribution in [0.1, 0.15) is 12.8 Å². The molecule has 0 bridgehead atoms. The van der Waals surface area contributed by atoms with Gasteiger partial charge in [0, 0.05) is 13.0 Å². The van der Waals surface area contributed by atoms with Crippen molar-refractivity contribution in [1.29, 1.82) is 0 Å². The lowest BCUT2D eigenvalue weighted by Crippen LogP contribution is -2.38. The molecule has 14 heavy (non-hydrogen) atoms. The Bertz CT molecular complexity index is 287. The number of Topliss-reactive ketones (excluding diaryl/α,β-unsaturated/α-hetero) is 1. The first-order valence-electron chi connectivity index (χ1n) is 3.99. The quantitative estimate of drug-likeness (QED) is 0.296. The lowest BCUT2D eigenvalue weighted by atomic mass is 10.1. The van der Waals surface area contributed by atoms with Gasteiger partial charge in [0.1, 0.15) is 0 Å². The second kappa shape index (κ2) is 5.37. The highest BCUT2D eigenvalue weighted by atomic mass is 32.2. The summed E-state index contributed by atoms with van der Waals surface area (Å²) in [5.41, 5.74) is 15.4. The van der Waals surface area contributed by atoms with Crippen LogP contribution >= 0.6 is 0 Å². The second-order valence-electron chi connectivity index (χ2n) is 2.91. The van der Waals surface area contributed by atoms with Crippen molar-refractivity contribution in [2.45, 2.75) is 24.3 Å². The summed E-state index contributed by atoms with van der Waals surface area (Å²) in [6.45, 7) is -0.447. The molecule has 84 valence electrons. The predicted octanol–water partition coefficient (Wildman–Crippen LogP) is -2.21. The van der Waals surface area contributed by atoms with Crippen molar-refractivity contribution in [2.75, 3.05) is 6.54 Å². The zero-order valence-corrected chi connectivity index (χ0v) is 8.40. The number of hydrogen-bond donors (Lipinski definition) is 4. The van der Waals surface area contributed by atoms with E-state index in [2.05, 4.69) is 0 Å². The third kappa shape index (κ3) is 4.63. The summed E-state index contributed by atoms with van der Waals surface area (Å²) in [4.78, 5) is 11.2. The Balaban J connectivity index is 4.35. The minimum atomic E-state index is -4.42. The number of ketones is 1. The van der Waals surface area contributed by atoms with Crippen LogP contribution in [0.4, 0.5) is 0 Å². The van der Waals surface area contributed by atoms with Gasteiger partial charge in [-0.2, -0.15) is 8.42 Å². The molecule has 0 fully saturated rings. The Morgan fingerprint density at radius 2 is 1.86 bits per heavy atom. The molecule has 0 saturated heterocycles. The fourth-order valence-electron chi connectivity index (χ4n) is 0.889. The van der Waals surface area contributed by atoms with Crippen LogP contribution < -0.4 is 17.2 Å². The zero-order valence-electron chi connectivity index (χ0n) is 7.59. The Hall–Kier alpha value is -0.540. The first-order valence-corrected chi connectivity index (χ1v) is 5.49. The molecule has 7 N–H and O–H groups in total. The highest BCUT2D eigenvalue weighted by Gasteiger charge is 2.28. The fourth-order valence-corrected chi connectivity index (χ4v) is 1.58. The van der Waals surface area contributed by atoms with Crippen molar-refractivity contribution >= 4 is 15.9 Å². The second-order valence-corrected chi connectivity index (χ2v) is 4.51. The van der Waals surface area contributed by atoms with E-state index in [1.165, 1.54) is 0 Å². The Morgan fingerprint density at radius 1 is 1.36 bits per heavy atom. The normalized spacial score (nSPS) is 14.4. The molecule has 1 atom stereocenters. The van der Waals surface area contributed by atoms with Crippen LogP contribution in [0.3, 0.4) is 0 Å². The van der Waals surface area contributed by atoms with Crippen LogP contribution in [0.2, 0.25) is 0 Å². The van der Waals surface area contributed by atoms with E-state index < -0.39 is 33.9 Å². The van der Waals surface area contributed by atoms with Crippen molar-refractivity contribution in [2.24, 2.45) is 17.2 Å². The van der Waals surface area contributed by atoms with Crippen molar-refractivity contribution in [3.63, 3.8) is 0 Å². The van der Waals surface area contributed by atoms with Crippen molar-refractivity contribution in [1.82, 2.24) is 0 Å². The van der Waals surface area contributed by atoms with Gasteiger partial charge in [0.05, 0.1) is 6.17 Å². The molecule has 0 saturated carbocycles. The SMILES string of the molecule is NCC(C(=O)CCC(N)N)S(=O)(=O)O. The summed E-state index contributed by atoms with van der Waals surface area (Å²) in [5, 5.41) is -1.57. The molecule has 0 amide bonds. The standard InChI is InChI=1S/C6H15N3O4S/c7-3-5(14(11,12)13)4(10)1-2-6(8)9/h5-6H,1-3,7-9H2,(H,11,12,13). The summed E-state index contributed by atoms with van der Waals surface area (Å²) in [6.07, 6.45) is -0.636. The number of hydrogen-bond acceptors (Lipinski definition) is 6. The predicted molar refractivity (Wildman–Crippen MR) is 50.8 cm³/mol. The van der Waals surface area contributed by atoms with Gasteiger partial charge in [-0.1, -0.05) is 0 Å². The minimum absolute atomic E-state index is 0.112. The summed E-state index contributed by atoms with van der Waals surface area (Å²) in [7, 11) is -4.42. The van der Waals surface area contributed by atoms with E-state index in [1.807, 2.05) is 0 Å². The lowest BCUT2D eigenvalue weighted by Gasteiger charge is -2.10. The van der Waals surface area contributed by atoms with Crippen molar-refractivity contribution < 1.29 is 17.8 Å². The molecule has 0 heterocycles. The van der Waals surface area contributed by atoms with Crippen LogP contribution in [0.25, 0.3) is 0 Å². The molecule has 0 spiro atoms. The van der Waals surface area contributed by atoms with Crippen LogP contribution in [-0.4, -0.2) is 36.7 Å².